The standard InChI is InChI=1S/C18H15Cl2N3O2/c1-11-2-4-12(5-3-11)18-23-22-17(25-18)7-6-16(24)21-15-9-13(19)8-14(20)10-15/h2-5,8-10H,6-7H2,1H3,(H,21,24). The van der Waals surface area contributed by atoms with E-state index in [2.05, 4.69) is 15.5 Å². The van der Waals surface area contributed by atoms with Crippen molar-refractivity contribution in [3.8, 4) is 11.5 Å². The predicted molar refractivity (Wildman–Crippen MR) is 97.9 cm³/mol. The minimum Gasteiger partial charge on any atom is -0.421 e. The summed E-state index contributed by atoms with van der Waals surface area (Å²) in [4.78, 5) is 12.0. The Kier molecular flexibility index (Phi) is 5.36. The molecule has 0 aliphatic rings. The number of hydrogen-bond donors (Lipinski definition) is 1. The Hall–Kier alpha value is -2.37. The van der Waals surface area contributed by atoms with Gasteiger partial charge in [0.15, 0.2) is 0 Å². The van der Waals surface area contributed by atoms with Crippen molar-refractivity contribution in [3.05, 3.63) is 64.0 Å². The van der Waals surface area contributed by atoms with Crippen LogP contribution in [0.3, 0.4) is 0 Å². The molecule has 1 amide bonds. The second-order valence-corrected chi connectivity index (χ2v) is 6.45. The Morgan fingerprint density at radius 1 is 1.08 bits per heavy atom. The molecule has 1 N–H and O–H groups in total. The zero-order valence-electron chi connectivity index (χ0n) is 13.4. The zero-order valence-corrected chi connectivity index (χ0v) is 14.9. The predicted octanol–water partition coefficient (Wildman–Crippen LogP) is 4.92. The van der Waals surface area contributed by atoms with Crippen molar-refractivity contribution in [3.63, 3.8) is 0 Å². The summed E-state index contributed by atoms with van der Waals surface area (Å²) in [6, 6.07) is 12.7. The molecule has 5 nitrogen and oxygen atoms in total. The molecule has 2 aromatic carbocycles. The number of hydrogen-bond acceptors (Lipinski definition) is 4. The van der Waals surface area contributed by atoms with Crippen molar-refractivity contribution in [1.29, 1.82) is 0 Å². The summed E-state index contributed by atoms with van der Waals surface area (Å²) in [5, 5.41) is 11.7. The van der Waals surface area contributed by atoms with Crippen molar-refractivity contribution in [1.82, 2.24) is 10.2 Å². The van der Waals surface area contributed by atoms with E-state index in [4.69, 9.17) is 27.6 Å². The highest BCUT2D eigenvalue weighted by atomic mass is 35.5. The molecule has 0 unspecified atom stereocenters. The number of aromatic nitrogens is 2. The number of benzene rings is 2. The molecule has 3 aromatic rings. The van der Waals surface area contributed by atoms with Gasteiger partial charge in [0.1, 0.15) is 0 Å². The van der Waals surface area contributed by atoms with Crippen LogP contribution in [0.25, 0.3) is 11.5 Å². The van der Waals surface area contributed by atoms with Crippen molar-refractivity contribution < 1.29 is 9.21 Å². The van der Waals surface area contributed by atoms with E-state index in [0.29, 0.717) is 33.9 Å². The van der Waals surface area contributed by atoms with E-state index < -0.39 is 0 Å². The molecule has 128 valence electrons. The first-order valence-corrected chi connectivity index (χ1v) is 8.40. The average molecular weight is 376 g/mol. The van der Waals surface area contributed by atoms with Gasteiger partial charge in [-0.1, -0.05) is 40.9 Å². The number of nitrogens with zero attached hydrogens (tertiary/aromatic N) is 2. The van der Waals surface area contributed by atoms with Gasteiger partial charge in [0.2, 0.25) is 17.7 Å². The van der Waals surface area contributed by atoms with Gasteiger partial charge in [-0.3, -0.25) is 4.79 Å². The summed E-state index contributed by atoms with van der Waals surface area (Å²) in [6.45, 7) is 2.01. The summed E-state index contributed by atoms with van der Waals surface area (Å²) < 4.78 is 5.60. The number of halogens is 2. The van der Waals surface area contributed by atoms with E-state index in [9.17, 15) is 4.79 Å². The van der Waals surface area contributed by atoms with E-state index in [-0.39, 0.29) is 12.3 Å². The quantitative estimate of drug-likeness (QED) is 0.686. The summed E-state index contributed by atoms with van der Waals surface area (Å²) in [5.41, 5.74) is 2.55. The molecule has 0 fully saturated rings. The molecule has 0 bridgehead atoms. The number of nitrogens with one attached hydrogen (secondary N) is 1. The third-order valence-corrected chi connectivity index (χ3v) is 3.91. The topological polar surface area (TPSA) is 68.0 Å². The maximum atomic E-state index is 12.0. The molecular formula is C18H15Cl2N3O2. The lowest BCUT2D eigenvalue weighted by Crippen LogP contribution is -2.12. The summed E-state index contributed by atoms with van der Waals surface area (Å²) in [6.07, 6.45) is 0.554. The molecule has 1 heterocycles. The molecule has 0 spiro atoms. The first-order valence-electron chi connectivity index (χ1n) is 7.65. The van der Waals surface area contributed by atoms with E-state index in [1.54, 1.807) is 18.2 Å². The maximum Gasteiger partial charge on any atom is 0.247 e. The highest BCUT2D eigenvalue weighted by Crippen LogP contribution is 2.23. The Labute approximate surface area is 155 Å². The average Bonchev–Trinajstić information content (AvgIpc) is 3.01. The van der Waals surface area contributed by atoms with Crippen LogP contribution in [0.5, 0.6) is 0 Å². The minimum absolute atomic E-state index is 0.187. The zero-order chi connectivity index (χ0) is 17.8. The lowest BCUT2D eigenvalue weighted by molar-refractivity contribution is -0.116. The van der Waals surface area contributed by atoms with Crippen LogP contribution in [0.4, 0.5) is 5.69 Å². The van der Waals surface area contributed by atoms with Crippen molar-refractivity contribution >= 4 is 34.8 Å². The van der Waals surface area contributed by atoms with Crippen LogP contribution in [-0.2, 0) is 11.2 Å². The highest BCUT2D eigenvalue weighted by molar-refractivity contribution is 6.35. The molecule has 0 saturated heterocycles. The fraction of sp³-hybridized carbons (Fsp3) is 0.167. The fourth-order valence-corrected chi connectivity index (χ4v) is 2.76. The molecule has 7 heteroatoms. The van der Waals surface area contributed by atoms with Gasteiger partial charge in [-0.15, -0.1) is 10.2 Å². The minimum atomic E-state index is -0.187. The highest BCUT2D eigenvalue weighted by Gasteiger charge is 2.11. The number of amides is 1. The van der Waals surface area contributed by atoms with Crippen LogP contribution >= 0.6 is 23.2 Å². The molecule has 3 rings (SSSR count). The van der Waals surface area contributed by atoms with Crippen molar-refractivity contribution in [2.45, 2.75) is 19.8 Å². The lowest BCUT2D eigenvalue weighted by Gasteiger charge is -2.05. The summed E-state index contributed by atoms with van der Waals surface area (Å²) in [7, 11) is 0. The number of carbonyl (C=O) groups is 1. The third kappa shape index (κ3) is 4.81. The molecule has 0 aliphatic heterocycles. The number of aryl methyl sites for hydroxylation is 2. The van der Waals surface area contributed by atoms with Gasteiger partial charge in [0.05, 0.1) is 0 Å². The second kappa shape index (κ2) is 7.68. The maximum absolute atomic E-state index is 12.0. The second-order valence-electron chi connectivity index (χ2n) is 5.57. The van der Waals surface area contributed by atoms with Crippen LogP contribution in [0.15, 0.2) is 46.9 Å². The first kappa shape index (κ1) is 17.5. The Morgan fingerprint density at radius 3 is 2.44 bits per heavy atom. The van der Waals surface area contributed by atoms with Crippen LogP contribution < -0.4 is 5.32 Å². The molecule has 0 radical (unpaired) electrons. The van der Waals surface area contributed by atoms with Gasteiger partial charge >= 0.3 is 0 Å². The molecule has 0 aliphatic carbocycles. The normalized spacial score (nSPS) is 10.7. The smallest absolute Gasteiger partial charge is 0.247 e. The Bertz CT molecular complexity index is 871. The molecule has 25 heavy (non-hydrogen) atoms. The SMILES string of the molecule is Cc1ccc(-c2nnc(CCC(=O)Nc3cc(Cl)cc(Cl)c3)o2)cc1. The van der Waals surface area contributed by atoms with Gasteiger partial charge < -0.3 is 9.73 Å². The third-order valence-electron chi connectivity index (χ3n) is 3.48. The van der Waals surface area contributed by atoms with Gasteiger partial charge in [0, 0.05) is 34.1 Å². The monoisotopic (exact) mass is 375 g/mol. The number of anilines is 1. The molecular weight excluding hydrogens is 361 g/mol. The van der Waals surface area contributed by atoms with E-state index >= 15 is 0 Å². The molecule has 1 aromatic heterocycles. The molecule has 0 saturated carbocycles. The lowest BCUT2D eigenvalue weighted by atomic mass is 10.1. The molecule has 0 atom stereocenters. The van der Waals surface area contributed by atoms with Crippen LogP contribution in [0, 0.1) is 6.92 Å². The summed E-state index contributed by atoms with van der Waals surface area (Å²) in [5.74, 6) is 0.667. The largest absolute Gasteiger partial charge is 0.421 e. The van der Waals surface area contributed by atoms with Crippen LogP contribution in [0.1, 0.15) is 17.9 Å². The first-order chi connectivity index (χ1) is 12.0. The summed E-state index contributed by atoms with van der Waals surface area (Å²) >= 11 is 11.8. The van der Waals surface area contributed by atoms with Gasteiger partial charge in [-0.25, -0.2) is 0 Å². The van der Waals surface area contributed by atoms with E-state index in [1.165, 1.54) is 0 Å². The fourth-order valence-electron chi connectivity index (χ4n) is 2.24. The van der Waals surface area contributed by atoms with E-state index in [1.807, 2.05) is 31.2 Å². The number of carbonyl (C=O) groups excluding carboxylic acids is 1. The van der Waals surface area contributed by atoms with Gasteiger partial charge in [-0.05, 0) is 37.3 Å². The van der Waals surface area contributed by atoms with Gasteiger partial charge in [0.25, 0.3) is 0 Å². The van der Waals surface area contributed by atoms with Crippen LogP contribution in [0.2, 0.25) is 10.0 Å². The number of rotatable bonds is 5. The van der Waals surface area contributed by atoms with Crippen molar-refractivity contribution in [2.24, 2.45) is 0 Å². The van der Waals surface area contributed by atoms with Crippen LogP contribution in [-0.4, -0.2) is 16.1 Å². The Balaban J connectivity index is 1.58. The Morgan fingerprint density at radius 2 is 1.76 bits per heavy atom. The van der Waals surface area contributed by atoms with E-state index in [0.717, 1.165) is 11.1 Å². The van der Waals surface area contributed by atoms with Gasteiger partial charge in [-0.2, -0.15) is 0 Å². The van der Waals surface area contributed by atoms with Crippen molar-refractivity contribution in [2.75, 3.05) is 5.32 Å².